The van der Waals surface area contributed by atoms with Crippen molar-refractivity contribution < 1.29 is 29.0 Å². The van der Waals surface area contributed by atoms with Crippen molar-refractivity contribution in [2.45, 2.75) is 79.6 Å². The number of allylic oxidation sites excluding steroid dienone is 3. The van der Waals surface area contributed by atoms with E-state index >= 15 is 0 Å². The maximum Gasteiger partial charge on any atom is 0.333 e. The fourth-order valence-electron chi connectivity index (χ4n) is 8.82. The Morgan fingerprint density at radius 3 is 2.47 bits per heavy atom. The highest BCUT2D eigenvalue weighted by Gasteiger charge is 2.68. The van der Waals surface area contributed by atoms with Crippen molar-refractivity contribution in [1.82, 2.24) is 0 Å². The Balaban J connectivity index is 1.62. The molecule has 0 radical (unpaired) electrons. The standard InChI is InChI=1S/C28H36O6/c1-15(29)33-22-14-20-25(2,3)21(30)10-12-27(20,5)19-9-11-26(4)17(7-8-18(26)28(19,22)6)16-13-23(31)34-24(16)32/h8,10,12-13,17,19-20,22,24,32H,7,9,11,14H2,1-6H3/t17-,19+,20+,22+,24-,26+,27+,28-/m0/s1. The van der Waals surface area contributed by atoms with Gasteiger partial charge in [-0.1, -0.05) is 52.3 Å². The van der Waals surface area contributed by atoms with Gasteiger partial charge in [-0.15, -0.1) is 0 Å². The molecule has 4 aliphatic carbocycles. The molecule has 6 heteroatoms. The Hall–Kier alpha value is -2.21. The number of esters is 2. The molecule has 0 aromatic carbocycles. The van der Waals surface area contributed by atoms with Crippen LogP contribution in [-0.2, 0) is 23.9 Å². The molecule has 0 amide bonds. The quantitative estimate of drug-likeness (QED) is 0.481. The largest absolute Gasteiger partial charge is 0.462 e. The fraction of sp³-hybridized carbons (Fsp3) is 0.679. The van der Waals surface area contributed by atoms with Crippen LogP contribution < -0.4 is 0 Å². The van der Waals surface area contributed by atoms with Crippen LogP contribution in [-0.4, -0.2) is 35.2 Å². The number of rotatable bonds is 2. The van der Waals surface area contributed by atoms with E-state index < -0.39 is 23.1 Å². The molecule has 6 nitrogen and oxygen atoms in total. The topological polar surface area (TPSA) is 89.9 Å². The molecule has 0 spiro atoms. The average molecular weight is 469 g/mol. The second-order valence-corrected chi connectivity index (χ2v) is 12.3. The van der Waals surface area contributed by atoms with Gasteiger partial charge in [-0.25, -0.2) is 4.79 Å². The van der Waals surface area contributed by atoms with Crippen LogP contribution in [0, 0.1) is 39.4 Å². The summed E-state index contributed by atoms with van der Waals surface area (Å²) in [6.07, 6.45) is 9.18. The molecule has 34 heavy (non-hydrogen) atoms. The Bertz CT molecular complexity index is 1060. The van der Waals surface area contributed by atoms with E-state index in [-0.39, 0.29) is 46.4 Å². The second-order valence-electron chi connectivity index (χ2n) is 12.3. The van der Waals surface area contributed by atoms with Crippen molar-refractivity contribution in [3.05, 3.63) is 35.5 Å². The molecule has 0 unspecified atom stereocenters. The van der Waals surface area contributed by atoms with Crippen molar-refractivity contribution in [3.8, 4) is 0 Å². The molecule has 0 aromatic rings. The average Bonchev–Trinajstić information content (AvgIpc) is 3.25. The van der Waals surface area contributed by atoms with Gasteiger partial charge < -0.3 is 14.6 Å². The van der Waals surface area contributed by atoms with Crippen LogP contribution in [0.1, 0.15) is 67.2 Å². The molecule has 5 rings (SSSR count). The van der Waals surface area contributed by atoms with Gasteiger partial charge in [0, 0.05) is 29.4 Å². The van der Waals surface area contributed by atoms with Gasteiger partial charge in [-0.3, -0.25) is 9.59 Å². The van der Waals surface area contributed by atoms with Gasteiger partial charge in [0.2, 0.25) is 6.29 Å². The van der Waals surface area contributed by atoms with Crippen molar-refractivity contribution in [3.63, 3.8) is 0 Å². The van der Waals surface area contributed by atoms with E-state index in [9.17, 15) is 19.5 Å². The van der Waals surface area contributed by atoms with E-state index in [0.29, 0.717) is 18.4 Å². The predicted molar refractivity (Wildman–Crippen MR) is 125 cm³/mol. The highest BCUT2D eigenvalue weighted by molar-refractivity contribution is 5.95. The highest BCUT2D eigenvalue weighted by Crippen LogP contribution is 2.72. The maximum absolute atomic E-state index is 12.9. The minimum atomic E-state index is -1.20. The van der Waals surface area contributed by atoms with Crippen molar-refractivity contribution in [2.24, 2.45) is 39.4 Å². The van der Waals surface area contributed by atoms with Crippen LogP contribution in [0.2, 0.25) is 0 Å². The van der Waals surface area contributed by atoms with Crippen molar-refractivity contribution in [2.75, 3.05) is 0 Å². The molecule has 0 bridgehead atoms. The molecule has 184 valence electrons. The summed E-state index contributed by atoms with van der Waals surface area (Å²) in [5.74, 6) is -0.459. The molecule has 0 saturated heterocycles. The number of fused-ring (bicyclic) bond motifs is 5. The SMILES string of the molecule is CC(=O)O[C@@H]1C[C@@H]2C(C)(C)C(=O)C=C[C@]2(C)[C@H]2CC[C@@]3(C)C(=CC[C@H]3C3=CC(=O)O[C@@H]3O)[C@@]21C. The number of carbonyl (C=O) groups is 3. The summed E-state index contributed by atoms with van der Waals surface area (Å²) in [7, 11) is 0. The first-order valence-electron chi connectivity index (χ1n) is 12.5. The van der Waals surface area contributed by atoms with Crippen LogP contribution >= 0.6 is 0 Å². The number of cyclic esters (lactones) is 1. The van der Waals surface area contributed by atoms with Gasteiger partial charge in [0.05, 0.1) is 0 Å². The summed E-state index contributed by atoms with van der Waals surface area (Å²) < 4.78 is 11.1. The van der Waals surface area contributed by atoms with E-state index in [4.69, 9.17) is 9.47 Å². The molecule has 8 atom stereocenters. The van der Waals surface area contributed by atoms with Gasteiger partial charge in [0.25, 0.3) is 0 Å². The number of ether oxygens (including phenoxy) is 2. The number of aliphatic hydroxyl groups is 1. The smallest absolute Gasteiger partial charge is 0.333 e. The van der Waals surface area contributed by atoms with Crippen LogP contribution in [0.3, 0.4) is 0 Å². The lowest BCUT2D eigenvalue weighted by Gasteiger charge is -2.66. The predicted octanol–water partition coefficient (Wildman–Crippen LogP) is 4.28. The lowest BCUT2D eigenvalue weighted by Crippen LogP contribution is -2.64. The molecular weight excluding hydrogens is 432 g/mol. The Labute approximate surface area is 201 Å². The van der Waals surface area contributed by atoms with Crippen molar-refractivity contribution >= 4 is 17.7 Å². The Morgan fingerprint density at radius 2 is 1.85 bits per heavy atom. The van der Waals surface area contributed by atoms with Gasteiger partial charge in [-0.2, -0.15) is 0 Å². The molecule has 1 heterocycles. The van der Waals surface area contributed by atoms with Crippen molar-refractivity contribution in [1.29, 1.82) is 0 Å². The van der Waals surface area contributed by atoms with E-state index in [0.717, 1.165) is 12.8 Å². The number of carbonyl (C=O) groups excluding carboxylic acids is 3. The van der Waals surface area contributed by atoms with Crippen LogP contribution in [0.15, 0.2) is 35.5 Å². The lowest BCUT2D eigenvalue weighted by atomic mass is 9.38. The minimum Gasteiger partial charge on any atom is -0.462 e. The zero-order valence-corrected chi connectivity index (χ0v) is 21.0. The molecule has 5 aliphatic rings. The maximum atomic E-state index is 12.9. The molecule has 2 saturated carbocycles. The van der Waals surface area contributed by atoms with Gasteiger partial charge in [0.15, 0.2) is 5.78 Å². The molecule has 0 aromatic heterocycles. The monoisotopic (exact) mass is 468 g/mol. The highest BCUT2D eigenvalue weighted by atomic mass is 16.6. The molecule has 2 fully saturated rings. The van der Waals surface area contributed by atoms with E-state index in [1.165, 1.54) is 18.6 Å². The molecule has 1 aliphatic heterocycles. The lowest BCUT2D eigenvalue weighted by molar-refractivity contribution is -0.187. The number of aliphatic hydroxyl groups excluding tert-OH is 1. The van der Waals surface area contributed by atoms with E-state index in [1.807, 2.05) is 13.8 Å². The minimum absolute atomic E-state index is 0.0369. The van der Waals surface area contributed by atoms with Crippen LogP contribution in [0.4, 0.5) is 0 Å². The number of hydrogen-bond acceptors (Lipinski definition) is 6. The van der Waals surface area contributed by atoms with Gasteiger partial charge in [-0.05, 0) is 60.3 Å². The summed E-state index contributed by atoms with van der Waals surface area (Å²) in [5.41, 5.74) is 0.449. The third-order valence-electron chi connectivity index (χ3n) is 10.4. The van der Waals surface area contributed by atoms with E-state index in [2.05, 4.69) is 32.9 Å². The normalized spacial score (nSPS) is 46.6. The number of hydrogen-bond donors (Lipinski definition) is 1. The van der Waals surface area contributed by atoms with E-state index in [1.54, 1.807) is 6.08 Å². The van der Waals surface area contributed by atoms with Gasteiger partial charge in [0.1, 0.15) is 6.10 Å². The summed E-state index contributed by atoms with van der Waals surface area (Å²) in [6.45, 7) is 12.2. The van der Waals surface area contributed by atoms with Crippen LogP contribution in [0.5, 0.6) is 0 Å². The first kappa shape index (κ1) is 23.5. The summed E-state index contributed by atoms with van der Waals surface area (Å²) >= 11 is 0. The third-order valence-corrected chi connectivity index (χ3v) is 10.4. The first-order chi connectivity index (χ1) is 15.8. The third kappa shape index (κ3) is 2.87. The summed E-state index contributed by atoms with van der Waals surface area (Å²) in [5, 5.41) is 10.4. The zero-order valence-electron chi connectivity index (χ0n) is 21.0. The summed E-state index contributed by atoms with van der Waals surface area (Å²) in [6, 6.07) is 0. The molecule has 1 N–H and O–H groups in total. The molecular formula is C28H36O6. The number of ketones is 1. The Kier molecular flexibility index (Phi) is 4.95. The Morgan fingerprint density at radius 1 is 1.15 bits per heavy atom. The van der Waals surface area contributed by atoms with Crippen LogP contribution in [0.25, 0.3) is 0 Å². The second kappa shape index (κ2) is 7.16. The first-order valence-corrected chi connectivity index (χ1v) is 12.5. The van der Waals surface area contributed by atoms with Gasteiger partial charge >= 0.3 is 11.9 Å². The summed E-state index contributed by atoms with van der Waals surface area (Å²) in [4.78, 5) is 37.1. The fourth-order valence-corrected chi connectivity index (χ4v) is 8.82. The zero-order chi connectivity index (χ0) is 24.8.